The number of hydrogen-bond donors (Lipinski definition) is 2. The van der Waals surface area contributed by atoms with Crippen LogP contribution in [0.3, 0.4) is 0 Å². The maximum atomic E-state index is 13.5. The largest absolute Gasteiger partial charge is 0.472 e. The van der Waals surface area contributed by atoms with Gasteiger partial charge in [-0.1, -0.05) is 29.1 Å². The van der Waals surface area contributed by atoms with E-state index in [2.05, 4.69) is 25.5 Å². The lowest BCUT2D eigenvalue weighted by molar-refractivity contribution is -0.168. The summed E-state index contributed by atoms with van der Waals surface area (Å²) in [5.74, 6) is -2.56. The number of amides is 2. The molecule has 6 heterocycles. The van der Waals surface area contributed by atoms with Crippen LogP contribution in [-0.4, -0.2) is 97.5 Å². The number of nitrogens with one attached hydrogen (secondary N) is 1. The molecule has 6 rings (SSSR count). The van der Waals surface area contributed by atoms with E-state index >= 15 is 0 Å². The quantitative estimate of drug-likeness (QED) is 0.143. The van der Waals surface area contributed by atoms with Crippen LogP contribution in [0.2, 0.25) is 0 Å². The van der Waals surface area contributed by atoms with E-state index in [1.165, 1.54) is 33.8 Å². The maximum absolute atomic E-state index is 13.5. The zero-order valence-corrected chi connectivity index (χ0v) is 26.9. The molecule has 4 aliphatic heterocycles. The van der Waals surface area contributed by atoms with E-state index in [1.54, 1.807) is 19.2 Å². The molecule has 4 aliphatic rings. The number of aryl methyl sites for hydroxylation is 1. The zero-order valence-electron chi connectivity index (χ0n) is 24.5. The number of nitrogens with zero attached hydrogens (tertiary/aromatic N) is 6. The maximum Gasteiger partial charge on any atom is 0.357 e. The minimum absolute atomic E-state index is 0.0412. The van der Waals surface area contributed by atoms with Gasteiger partial charge in [0.1, 0.15) is 29.9 Å². The number of anilines is 1. The Labute approximate surface area is 273 Å². The van der Waals surface area contributed by atoms with Crippen LogP contribution in [-0.2, 0) is 40.5 Å². The third-order valence-electron chi connectivity index (χ3n) is 6.58. The molecular formula is C26H28N8O9S3. The van der Waals surface area contributed by atoms with Crippen LogP contribution in [0.25, 0.3) is 0 Å². The summed E-state index contributed by atoms with van der Waals surface area (Å²) >= 11 is 3.53. The van der Waals surface area contributed by atoms with Gasteiger partial charge in [0.2, 0.25) is 6.79 Å². The SMILES string of the molecule is CO/N=C(\C(=O)N[C@@H]1C(=O)N2C3=C(CSc4nc(=O)c(nn4C)OCC/C=C/CCC(=O)OCOC3=O)CS[C@H]12)c1csc(N)n1. The molecule has 0 aliphatic carbocycles. The van der Waals surface area contributed by atoms with Crippen LogP contribution < -0.4 is 21.3 Å². The second-order valence-electron chi connectivity index (χ2n) is 9.64. The highest BCUT2D eigenvalue weighted by molar-refractivity contribution is 8.01. The first-order chi connectivity index (χ1) is 22.2. The van der Waals surface area contributed by atoms with E-state index in [1.807, 2.05) is 0 Å². The van der Waals surface area contributed by atoms with E-state index in [4.69, 9.17) is 24.8 Å². The van der Waals surface area contributed by atoms with Crippen molar-refractivity contribution in [3.63, 3.8) is 0 Å². The average Bonchev–Trinajstić information content (AvgIpc) is 3.46. The van der Waals surface area contributed by atoms with Crippen molar-refractivity contribution in [3.05, 3.63) is 44.8 Å². The molecule has 0 saturated carbocycles. The number of ether oxygens (including phenoxy) is 3. The molecule has 3 N–H and O–H groups in total. The molecule has 1 saturated heterocycles. The molecule has 0 unspecified atom stereocenters. The summed E-state index contributed by atoms with van der Waals surface area (Å²) in [6, 6.07) is -1.02. The van der Waals surface area contributed by atoms with E-state index in [0.29, 0.717) is 18.4 Å². The van der Waals surface area contributed by atoms with Crippen molar-refractivity contribution in [1.82, 2.24) is 30.0 Å². The minimum atomic E-state index is -1.02. The third kappa shape index (κ3) is 7.34. The number of fused-ring (bicyclic) bond motifs is 14. The van der Waals surface area contributed by atoms with Crippen molar-refractivity contribution in [3.8, 4) is 5.88 Å². The Balaban J connectivity index is 1.38. The summed E-state index contributed by atoms with van der Waals surface area (Å²) in [6.45, 7) is -0.471. The predicted octanol–water partition coefficient (Wildman–Crippen LogP) is 0.174. The standard InChI is InChI=1S/C26H28N8O9S3/c1-33-26-30-20(37)21(31-33)41-8-6-4-3-5-7-15(35)42-12-43-24(39)18-13(10-46-26)9-44-23-17(22(38)34(18)23)29-19(36)16(32-40-2)14-11-45-25(27)28-14/h3-4,11,17,23H,5-10,12H2,1-2H3,(H2,27,28)(H,29,36)/b4-3+,32-16-/t17-,23-/m1/s1. The van der Waals surface area contributed by atoms with Crippen molar-refractivity contribution >= 4 is 69.5 Å². The van der Waals surface area contributed by atoms with E-state index in [9.17, 15) is 24.0 Å². The lowest BCUT2D eigenvalue weighted by atomic mass is 10.0. The van der Waals surface area contributed by atoms with E-state index in [0.717, 1.165) is 23.1 Å². The Morgan fingerprint density at radius 3 is 2.70 bits per heavy atom. The number of nitrogen functional groups attached to an aromatic ring is 1. The van der Waals surface area contributed by atoms with Gasteiger partial charge in [0.15, 0.2) is 16.0 Å². The molecule has 244 valence electrons. The molecule has 46 heavy (non-hydrogen) atoms. The monoisotopic (exact) mass is 692 g/mol. The normalized spacial score (nSPS) is 22.0. The first kappa shape index (κ1) is 32.9. The van der Waals surface area contributed by atoms with Crippen LogP contribution in [0.5, 0.6) is 5.88 Å². The van der Waals surface area contributed by atoms with E-state index in [-0.39, 0.29) is 57.8 Å². The van der Waals surface area contributed by atoms with Crippen molar-refractivity contribution in [2.24, 2.45) is 12.2 Å². The molecule has 2 atom stereocenters. The minimum Gasteiger partial charge on any atom is -0.472 e. The van der Waals surface area contributed by atoms with Gasteiger partial charge in [-0.2, -0.15) is 4.98 Å². The third-order valence-corrected chi connectivity index (χ3v) is 9.70. The lowest BCUT2D eigenvalue weighted by Crippen LogP contribution is -2.71. The second kappa shape index (κ2) is 14.8. The number of thioether (sulfide) groups is 2. The number of esters is 2. The molecule has 2 aromatic rings. The number of allylic oxidation sites excluding steroid dienone is 1. The molecule has 17 nitrogen and oxygen atoms in total. The molecule has 0 spiro atoms. The molecule has 0 aromatic carbocycles. The molecule has 20 heteroatoms. The Kier molecular flexibility index (Phi) is 10.6. The topological polar surface area (TPSA) is 220 Å². The Hall–Kier alpha value is -4.43. The molecule has 1 fully saturated rings. The van der Waals surface area contributed by atoms with Gasteiger partial charge in [0.05, 0.1) is 6.61 Å². The van der Waals surface area contributed by atoms with Gasteiger partial charge in [-0.3, -0.25) is 24.1 Å². The van der Waals surface area contributed by atoms with Gasteiger partial charge in [0.25, 0.3) is 11.8 Å². The number of rotatable bonds is 4. The van der Waals surface area contributed by atoms with Gasteiger partial charge < -0.3 is 30.1 Å². The summed E-state index contributed by atoms with van der Waals surface area (Å²) in [4.78, 5) is 78.8. The Bertz CT molecular complexity index is 1690. The predicted molar refractivity (Wildman–Crippen MR) is 166 cm³/mol. The number of β-lactam (4-membered cyclic amide) rings is 1. The lowest BCUT2D eigenvalue weighted by Gasteiger charge is -2.49. The zero-order chi connectivity index (χ0) is 32.8. The summed E-state index contributed by atoms with van der Waals surface area (Å²) in [7, 11) is 2.86. The first-order valence-electron chi connectivity index (χ1n) is 13.7. The van der Waals surface area contributed by atoms with Gasteiger partial charge >= 0.3 is 23.4 Å². The van der Waals surface area contributed by atoms with Gasteiger partial charge in [-0.05, 0) is 18.4 Å². The molecule has 2 aromatic heterocycles. The number of oxime groups is 1. The highest BCUT2D eigenvalue weighted by atomic mass is 32.2. The second-order valence-corrected chi connectivity index (χ2v) is 12.6. The number of nitrogens with two attached hydrogens (primary N) is 1. The molecule has 2 amide bonds. The molecule has 2 bridgehead atoms. The van der Waals surface area contributed by atoms with Crippen LogP contribution >= 0.6 is 34.9 Å². The van der Waals surface area contributed by atoms with Crippen LogP contribution in [0, 0.1) is 0 Å². The number of carbonyl (C=O) groups is 4. The molecular weight excluding hydrogens is 665 g/mol. The van der Waals surface area contributed by atoms with Crippen LogP contribution in [0.1, 0.15) is 25.0 Å². The van der Waals surface area contributed by atoms with Gasteiger partial charge in [-0.25, -0.2) is 14.5 Å². The fourth-order valence-electron chi connectivity index (χ4n) is 4.43. The number of thiazole rings is 1. The highest BCUT2D eigenvalue weighted by Crippen LogP contribution is 2.42. The van der Waals surface area contributed by atoms with Crippen molar-refractivity contribution in [2.45, 2.75) is 35.8 Å². The summed E-state index contributed by atoms with van der Waals surface area (Å²) in [6.07, 6.45) is 4.44. The van der Waals surface area contributed by atoms with Crippen molar-refractivity contribution in [1.29, 1.82) is 0 Å². The van der Waals surface area contributed by atoms with Gasteiger partial charge in [-0.15, -0.1) is 28.2 Å². The first-order valence-corrected chi connectivity index (χ1v) is 16.6. The fraction of sp³-hybridized carbons (Fsp3) is 0.423. The van der Waals surface area contributed by atoms with Crippen LogP contribution in [0.4, 0.5) is 5.13 Å². The summed E-state index contributed by atoms with van der Waals surface area (Å²) < 4.78 is 17.2. The van der Waals surface area contributed by atoms with E-state index < -0.39 is 47.5 Å². The Morgan fingerprint density at radius 1 is 1.13 bits per heavy atom. The van der Waals surface area contributed by atoms with Gasteiger partial charge in [0, 0.05) is 30.4 Å². The summed E-state index contributed by atoms with van der Waals surface area (Å²) in [5, 5.41) is 11.9. The highest BCUT2D eigenvalue weighted by Gasteiger charge is 2.54. The Morgan fingerprint density at radius 2 is 1.93 bits per heavy atom. The smallest absolute Gasteiger partial charge is 0.357 e. The fourth-order valence-corrected chi connectivity index (χ4v) is 7.37. The summed E-state index contributed by atoms with van der Waals surface area (Å²) in [5.41, 5.74) is 5.47. The van der Waals surface area contributed by atoms with Crippen molar-refractivity contribution < 1.29 is 38.2 Å². The van der Waals surface area contributed by atoms with Crippen LogP contribution in [0.15, 0.2) is 43.9 Å². The van der Waals surface area contributed by atoms with Crippen molar-refractivity contribution in [2.75, 3.05) is 37.7 Å². The number of hydrogen-bond acceptors (Lipinski definition) is 17. The molecule has 0 radical (unpaired) electrons. The average molecular weight is 693 g/mol. The number of aromatic nitrogens is 4. The number of carbonyl (C=O) groups excluding carboxylic acids is 4.